The van der Waals surface area contributed by atoms with E-state index in [2.05, 4.69) is 4.18 Å². The summed E-state index contributed by atoms with van der Waals surface area (Å²) >= 11 is 0. The van der Waals surface area contributed by atoms with Gasteiger partial charge in [0.2, 0.25) is 6.10 Å². The summed E-state index contributed by atoms with van der Waals surface area (Å²) in [5.41, 5.74) is -0.350. The number of benzene rings is 1. The molecule has 1 fully saturated rings. The predicted octanol–water partition coefficient (Wildman–Crippen LogP) is 0.266. The zero-order valence-corrected chi connectivity index (χ0v) is 14.6. The Morgan fingerprint density at radius 1 is 1.38 bits per heavy atom. The van der Waals surface area contributed by atoms with E-state index >= 15 is 0 Å². The molecule has 1 saturated heterocycles. The van der Waals surface area contributed by atoms with Gasteiger partial charge < -0.3 is 19.7 Å². The molecule has 2 rings (SSSR count). The van der Waals surface area contributed by atoms with Gasteiger partial charge in [-0.3, -0.25) is 10.1 Å². The topological polar surface area (TPSA) is 162 Å². The Kier molecular flexibility index (Phi) is 5.63. The van der Waals surface area contributed by atoms with Gasteiger partial charge in [0.15, 0.2) is 5.79 Å². The second-order valence-corrected chi connectivity index (χ2v) is 7.49. The number of ether oxygens (including phenoxy) is 2. The average Bonchev–Trinajstić information content (AvgIpc) is 2.92. The van der Waals surface area contributed by atoms with Gasteiger partial charge in [-0.15, -0.1) is 0 Å². The third-order valence-electron chi connectivity index (χ3n) is 3.53. The summed E-state index contributed by atoms with van der Waals surface area (Å²) in [4.78, 5) is 20.8. The van der Waals surface area contributed by atoms with Gasteiger partial charge in [0.25, 0.3) is 15.8 Å². The molecule has 12 heteroatoms. The maximum Gasteiger partial charge on any atom is 0.337 e. The first-order chi connectivity index (χ1) is 11.9. The third kappa shape index (κ3) is 4.53. The fourth-order valence-electron chi connectivity index (χ4n) is 2.25. The van der Waals surface area contributed by atoms with Crippen molar-refractivity contribution in [2.45, 2.75) is 42.8 Å². The van der Waals surface area contributed by atoms with Crippen LogP contribution in [0.1, 0.15) is 13.8 Å². The first kappa shape index (κ1) is 20.2. The number of nitro benzene ring substituents is 1. The molecular formula is C14H17NO10S. The SMILES string of the molecule is CC1(C)OC[C@H](C(O)C(OS(=O)(=O)c2ccc([N+](=O)[O-])cc2)C(=O)O)O1. The van der Waals surface area contributed by atoms with Gasteiger partial charge in [-0.05, 0) is 26.0 Å². The number of aliphatic hydroxyl groups excluding tert-OH is 1. The molecule has 3 atom stereocenters. The summed E-state index contributed by atoms with van der Waals surface area (Å²) < 4.78 is 39.6. The number of carboxylic acid groups (broad SMARTS) is 1. The molecule has 0 radical (unpaired) electrons. The van der Waals surface area contributed by atoms with E-state index in [4.69, 9.17) is 9.47 Å². The van der Waals surface area contributed by atoms with E-state index < -0.39 is 50.0 Å². The van der Waals surface area contributed by atoms with Crippen molar-refractivity contribution in [2.24, 2.45) is 0 Å². The van der Waals surface area contributed by atoms with Gasteiger partial charge in [0.1, 0.15) is 12.2 Å². The zero-order chi connectivity index (χ0) is 19.7. The van der Waals surface area contributed by atoms with Crippen molar-refractivity contribution >= 4 is 21.8 Å². The van der Waals surface area contributed by atoms with Crippen LogP contribution in [0, 0.1) is 10.1 Å². The highest BCUT2D eigenvalue weighted by Gasteiger charge is 2.44. The van der Waals surface area contributed by atoms with Gasteiger partial charge >= 0.3 is 5.97 Å². The molecule has 0 saturated carbocycles. The predicted molar refractivity (Wildman–Crippen MR) is 83.7 cm³/mol. The highest BCUT2D eigenvalue weighted by atomic mass is 32.2. The van der Waals surface area contributed by atoms with Crippen LogP contribution in [0.3, 0.4) is 0 Å². The lowest BCUT2D eigenvalue weighted by atomic mass is 10.1. The summed E-state index contributed by atoms with van der Waals surface area (Å²) in [5.74, 6) is -2.79. The first-order valence-corrected chi connectivity index (χ1v) is 8.74. The van der Waals surface area contributed by atoms with Crippen molar-refractivity contribution < 1.29 is 42.0 Å². The number of aliphatic carboxylic acids is 1. The summed E-state index contributed by atoms with van der Waals surface area (Å²) in [6, 6.07) is 3.66. The second-order valence-electron chi connectivity index (χ2n) is 5.92. The fraction of sp³-hybridized carbons (Fsp3) is 0.500. The van der Waals surface area contributed by atoms with E-state index in [1.54, 1.807) is 13.8 Å². The fourth-order valence-corrected chi connectivity index (χ4v) is 3.30. The summed E-state index contributed by atoms with van der Waals surface area (Å²) in [6.07, 6.45) is -5.10. The molecule has 0 amide bonds. The molecular weight excluding hydrogens is 374 g/mol. The van der Waals surface area contributed by atoms with Crippen LogP contribution in [0.25, 0.3) is 0 Å². The van der Waals surface area contributed by atoms with Gasteiger partial charge in [-0.2, -0.15) is 8.42 Å². The van der Waals surface area contributed by atoms with Crippen molar-refractivity contribution in [3.8, 4) is 0 Å². The number of hydrogen-bond donors (Lipinski definition) is 2. The monoisotopic (exact) mass is 391 g/mol. The molecule has 0 aromatic heterocycles. The van der Waals surface area contributed by atoms with Crippen molar-refractivity contribution in [2.75, 3.05) is 6.61 Å². The van der Waals surface area contributed by atoms with E-state index in [0.717, 1.165) is 24.3 Å². The molecule has 0 bridgehead atoms. The van der Waals surface area contributed by atoms with E-state index in [1.807, 2.05) is 0 Å². The van der Waals surface area contributed by atoms with Gasteiger partial charge in [-0.1, -0.05) is 0 Å². The quantitative estimate of drug-likeness (QED) is 0.374. The Balaban J connectivity index is 2.20. The highest BCUT2D eigenvalue weighted by Crippen LogP contribution is 2.27. The minimum Gasteiger partial charge on any atom is -0.479 e. The first-order valence-electron chi connectivity index (χ1n) is 7.33. The second kappa shape index (κ2) is 7.25. The molecule has 1 aromatic carbocycles. The van der Waals surface area contributed by atoms with Crippen LogP contribution < -0.4 is 0 Å². The molecule has 1 heterocycles. The minimum absolute atomic E-state index is 0.154. The highest BCUT2D eigenvalue weighted by molar-refractivity contribution is 7.86. The summed E-state index contributed by atoms with van der Waals surface area (Å²) in [7, 11) is -4.61. The molecule has 2 unspecified atom stereocenters. The normalized spacial score (nSPS) is 21.9. The lowest BCUT2D eigenvalue weighted by Crippen LogP contribution is -2.46. The van der Waals surface area contributed by atoms with E-state index in [0.29, 0.717) is 0 Å². The lowest BCUT2D eigenvalue weighted by molar-refractivity contribution is -0.384. The van der Waals surface area contributed by atoms with Crippen LogP contribution in [0.5, 0.6) is 0 Å². The van der Waals surface area contributed by atoms with Gasteiger partial charge in [0.05, 0.1) is 16.4 Å². The van der Waals surface area contributed by atoms with E-state index in [-0.39, 0.29) is 12.3 Å². The maximum atomic E-state index is 12.2. The largest absolute Gasteiger partial charge is 0.479 e. The van der Waals surface area contributed by atoms with Crippen molar-refractivity contribution in [3.63, 3.8) is 0 Å². The number of non-ortho nitro benzene ring substituents is 1. The molecule has 0 spiro atoms. The number of aliphatic hydroxyl groups is 1. The van der Waals surface area contributed by atoms with Crippen LogP contribution in [-0.4, -0.2) is 60.2 Å². The number of nitro groups is 1. The molecule has 2 N–H and O–H groups in total. The third-order valence-corrected chi connectivity index (χ3v) is 4.84. The minimum atomic E-state index is -4.61. The molecule has 0 aliphatic carbocycles. The molecule has 26 heavy (non-hydrogen) atoms. The van der Waals surface area contributed by atoms with Crippen molar-refractivity contribution in [3.05, 3.63) is 34.4 Å². The van der Waals surface area contributed by atoms with Crippen LogP contribution in [-0.2, 0) is 28.6 Å². The molecule has 144 valence electrons. The Morgan fingerprint density at radius 3 is 2.38 bits per heavy atom. The number of nitrogens with zero attached hydrogens (tertiary/aromatic N) is 1. The van der Waals surface area contributed by atoms with Crippen molar-refractivity contribution in [1.29, 1.82) is 0 Å². The number of carbonyl (C=O) groups is 1. The maximum absolute atomic E-state index is 12.2. The van der Waals surface area contributed by atoms with E-state index in [9.17, 15) is 33.5 Å². The molecule has 11 nitrogen and oxygen atoms in total. The van der Waals surface area contributed by atoms with Crippen LogP contribution in [0.15, 0.2) is 29.2 Å². The van der Waals surface area contributed by atoms with Gasteiger partial charge in [0, 0.05) is 12.1 Å². The van der Waals surface area contributed by atoms with Gasteiger partial charge in [-0.25, -0.2) is 8.98 Å². The number of carboxylic acids is 1. The Labute approximate surface area is 148 Å². The standard InChI is InChI=1S/C14H17NO10S/c1-14(2)23-7-10(24-14)11(16)12(13(17)18)25-26(21,22)9-5-3-8(4-6-9)15(19)20/h3-6,10-12,16H,7H2,1-2H3,(H,17,18)/t10-,11?,12?/m1/s1. The van der Waals surface area contributed by atoms with Crippen LogP contribution in [0.4, 0.5) is 5.69 Å². The Hall–Kier alpha value is -2.12. The molecule has 1 aromatic rings. The zero-order valence-electron chi connectivity index (χ0n) is 13.8. The number of rotatable bonds is 7. The smallest absolute Gasteiger partial charge is 0.337 e. The molecule has 1 aliphatic rings. The summed E-state index contributed by atoms with van der Waals surface area (Å²) in [5, 5.41) is 30.0. The Morgan fingerprint density at radius 2 is 1.96 bits per heavy atom. The Bertz CT molecular complexity index is 788. The molecule has 1 aliphatic heterocycles. The van der Waals surface area contributed by atoms with Crippen LogP contribution in [0.2, 0.25) is 0 Å². The number of hydrogen-bond acceptors (Lipinski definition) is 9. The van der Waals surface area contributed by atoms with Crippen LogP contribution >= 0.6 is 0 Å². The lowest BCUT2D eigenvalue weighted by Gasteiger charge is -2.24. The van der Waals surface area contributed by atoms with E-state index in [1.165, 1.54) is 0 Å². The average molecular weight is 391 g/mol. The summed E-state index contributed by atoms with van der Waals surface area (Å²) in [6.45, 7) is 2.94. The van der Waals surface area contributed by atoms with Crippen molar-refractivity contribution in [1.82, 2.24) is 0 Å².